The van der Waals surface area contributed by atoms with Gasteiger partial charge in [-0.25, -0.2) is 4.98 Å². The van der Waals surface area contributed by atoms with Crippen LogP contribution in [0.25, 0.3) is 0 Å². The average Bonchev–Trinajstić information content (AvgIpc) is 2.08. The van der Waals surface area contributed by atoms with Gasteiger partial charge in [-0.15, -0.1) is 0 Å². The molecule has 0 aromatic carbocycles. The Balaban J connectivity index is 2.59. The third-order valence-electron chi connectivity index (χ3n) is 2.20. The monoisotopic (exact) mass is 182 g/mol. The van der Waals surface area contributed by atoms with Gasteiger partial charge in [-0.1, -0.05) is 6.07 Å². The first kappa shape index (κ1) is 10.1. The van der Waals surface area contributed by atoms with E-state index in [0.29, 0.717) is 6.04 Å². The number of hydrogen-bond donors (Lipinski definition) is 0. The van der Waals surface area contributed by atoms with Crippen molar-refractivity contribution in [2.75, 3.05) is 14.1 Å². The van der Waals surface area contributed by atoms with E-state index < -0.39 is 5.95 Å². The fourth-order valence-corrected chi connectivity index (χ4v) is 1.05. The summed E-state index contributed by atoms with van der Waals surface area (Å²) in [6.07, 6.45) is 2.50. The molecule has 1 aromatic heterocycles. The first-order valence-corrected chi connectivity index (χ1v) is 4.36. The Morgan fingerprint density at radius 3 is 2.62 bits per heavy atom. The Morgan fingerprint density at radius 2 is 2.15 bits per heavy atom. The van der Waals surface area contributed by atoms with Gasteiger partial charge in [0.05, 0.1) is 0 Å². The summed E-state index contributed by atoms with van der Waals surface area (Å²) in [4.78, 5) is 5.73. The lowest BCUT2D eigenvalue weighted by atomic mass is 10.1. The van der Waals surface area contributed by atoms with Gasteiger partial charge >= 0.3 is 0 Å². The molecule has 1 heterocycles. The number of aromatic nitrogens is 1. The molecule has 2 nitrogen and oxygen atoms in total. The first-order chi connectivity index (χ1) is 6.09. The van der Waals surface area contributed by atoms with E-state index in [0.717, 1.165) is 12.0 Å². The number of halogens is 1. The summed E-state index contributed by atoms with van der Waals surface area (Å²) in [6.45, 7) is 2.13. The van der Waals surface area contributed by atoms with Crippen LogP contribution in [-0.4, -0.2) is 30.0 Å². The number of rotatable bonds is 3. The molecule has 1 atom stereocenters. The molecule has 0 bridgehead atoms. The SMILES string of the molecule is CC(Cc1ccc(F)nc1)N(C)C. The van der Waals surface area contributed by atoms with Gasteiger partial charge in [0.25, 0.3) is 0 Å². The topological polar surface area (TPSA) is 16.1 Å². The Bertz CT molecular complexity index is 256. The second-order valence-corrected chi connectivity index (χ2v) is 3.51. The van der Waals surface area contributed by atoms with Crippen molar-refractivity contribution in [1.82, 2.24) is 9.88 Å². The molecule has 72 valence electrons. The molecule has 1 aromatic rings. The summed E-state index contributed by atoms with van der Waals surface area (Å²) in [5, 5.41) is 0. The van der Waals surface area contributed by atoms with E-state index in [-0.39, 0.29) is 0 Å². The molecule has 0 fully saturated rings. The third kappa shape index (κ3) is 3.11. The smallest absolute Gasteiger partial charge is 0.212 e. The zero-order chi connectivity index (χ0) is 9.84. The summed E-state index contributed by atoms with van der Waals surface area (Å²) < 4.78 is 12.5. The predicted molar refractivity (Wildman–Crippen MR) is 51.0 cm³/mol. The van der Waals surface area contributed by atoms with Crippen molar-refractivity contribution in [2.45, 2.75) is 19.4 Å². The number of hydrogen-bond acceptors (Lipinski definition) is 2. The standard InChI is InChI=1S/C10H15FN2/c1-8(13(2)3)6-9-4-5-10(11)12-7-9/h4-5,7-8H,6H2,1-3H3. The molecule has 3 heteroatoms. The summed E-state index contributed by atoms with van der Waals surface area (Å²) in [5.41, 5.74) is 1.07. The lowest BCUT2D eigenvalue weighted by Crippen LogP contribution is -2.26. The van der Waals surface area contributed by atoms with Crippen LogP contribution in [-0.2, 0) is 6.42 Å². The Kier molecular flexibility index (Phi) is 3.37. The van der Waals surface area contributed by atoms with Crippen molar-refractivity contribution in [3.8, 4) is 0 Å². The van der Waals surface area contributed by atoms with Crippen LogP contribution in [0.5, 0.6) is 0 Å². The zero-order valence-corrected chi connectivity index (χ0v) is 8.29. The summed E-state index contributed by atoms with van der Waals surface area (Å²) in [6, 6.07) is 3.63. The largest absolute Gasteiger partial charge is 0.306 e. The lowest BCUT2D eigenvalue weighted by Gasteiger charge is -2.19. The van der Waals surface area contributed by atoms with E-state index in [4.69, 9.17) is 0 Å². The molecule has 0 spiro atoms. The van der Waals surface area contributed by atoms with Crippen LogP contribution in [0.15, 0.2) is 18.3 Å². The summed E-state index contributed by atoms with van der Waals surface area (Å²) in [7, 11) is 4.06. The van der Waals surface area contributed by atoms with Crippen LogP contribution in [0.2, 0.25) is 0 Å². The highest BCUT2D eigenvalue weighted by Crippen LogP contribution is 2.05. The molecule has 1 unspecified atom stereocenters. The van der Waals surface area contributed by atoms with Crippen LogP contribution in [0.1, 0.15) is 12.5 Å². The van der Waals surface area contributed by atoms with Gasteiger partial charge in [0.15, 0.2) is 0 Å². The Hall–Kier alpha value is -0.960. The zero-order valence-electron chi connectivity index (χ0n) is 8.29. The van der Waals surface area contributed by atoms with Crippen molar-refractivity contribution in [3.05, 3.63) is 29.8 Å². The lowest BCUT2D eigenvalue weighted by molar-refractivity contribution is 0.312. The van der Waals surface area contributed by atoms with E-state index in [1.165, 1.54) is 6.07 Å². The number of nitrogens with zero attached hydrogens (tertiary/aromatic N) is 2. The Morgan fingerprint density at radius 1 is 1.46 bits per heavy atom. The van der Waals surface area contributed by atoms with Crippen molar-refractivity contribution >= 4 is 0 Å². The van der Waals surface area contributed by atoms with Crippen molar-refractivity contribution in [1.29, 1.82) is 0 Å². The van der Waals surface area contributed by atoms with Crippen LogP contribution < -0.4 is 0 Å². The van der Waals surface area contributed by atoms with E-state index in [1.54, 1.807) is 12.3 Å². The molecule has 13 heavy (non-hydrogen) atoms. The second kappa shape index (κ2) is 4.33. The maximum atomic E-state index is 12.5. The molecular formula is C10H15FN2. The molecule has 1 rings (SSSR count). The Labute approximate surface area is 78.4 Å². The third-order valence-corrected chi connectivity index (χ3v) is 2.20. The van der Waals surface area contributed by atoms with Crippen molar-refractivity contribution in [2.24, 2.45) is 0 Å². The van der Waals surface area contributed by atoms with E-state index >= 15 is 0 Å². The second-order valence-electron chi connectivity index (χ2n) is 3.51. The molecule has 0 aliphatic heterocycles. The highest BCUT2D eigenvalue weighted by Gasteiger charge is 2.05. The van der Waals surface area contributed by atoms with E-state index in [9.17, 15) is 4.39 Å². The van der Waals surface area contributed by atoms with Gasteiger partial charge in [-0.2, -0.15) is 4.39 Å². The molecule has 0 aliphatic rings. The van der Waals surface area contributed by atoms with Crippen LogP contribution in [0.3, 0.4) is 0 Å². The van der Waals surface area contributed by atoms with Gasteiger partial charge < -0.3 is 4.90 Å². The molecule has 0 saturated heterocycles. The van der Waals surface area contributed by atoms with Crippen LogP contribution in [0, 0.1) is 5.95 Å². The van der Waals surface area contributed by atoms with Crippen molar-refractivity contribution in [3.63, 3.8) is 0 Å². The average molecular weight is 182 g/mol. The number of likely N-dealkylation sites (N-methyl/N-ethyl adjacent to an activating group) is 1. The maximum absolute atomic E-state index is 12.5. The predicted octanol–water partition coefficient (Wildman–Crippen LogP) is 1.71. The summed E-state index contributed by atoms with van der Waals surface area (Å²) >= 11 is 0. The fourth-order valence-electron chi connectivity index (χ4n) is 1.05. The van der Waals surface area contributed by atoms with Gasteiger partial charge in [-0.05, 0) is 39.1 Å². The molecule has 0 N–H and O–H groups in total. The highest BCUT2D eigenvalue weighted by molar-refractivity contribution is 5.10. The first-order valence-electron chi connectivity index (χ1n) is 4.36. The normalized spacial score (nSPS) is 13.3. The fraction of sp³-hybridized carbons (Fsp3) is 0.500. The van der Waals surface area contributed by atoms with Gasteiger partial charge in [0.1, 0.15) is 0 Å². The minimum absolute atomic E-state index is 0.416. The van der Waals surface area contributed by atoms with Crippen LogP contribution in [0.4, 0.5) is 4.39 Å². The molecule has 0 aliphatic carbocycles. The highest BCUT2D eigenvalue weighted by atomic mass is 19.1. The van der Waals surface area contributed by atoms with E-state index in [2.05, 4.69) is 16.8 Å². The molecule has 0 amide bonds. The van der Waals surface area contributed by atoms with Crippen molar-refractivity contribution < 1.29 is 4.39 Å². The maximum Gasteiger partial charge on any atom is 0.212 e. The van der Waals surface area contributed by atoms with E-state index in [1.807, 2.05) is 14.1 Å². The number of pyridine rings is 1. The molecular weight excluding hydrogens is 167 g/mol. The van der Waals surface area contributed by atoms with Gasteiger partial charge in [0.2, 0.25) is 5.95 Å². The molecule has 0 saturated carbocycles. The summed E-state index contributed by atoms with van der Waals surface area (Å²) in [5.74, 6) is -0.416. The van der Waals surface area contributed by atoms with Gasteiger partial charge in [-0.3, -0.25) is 0 Å². The van der Waals surface area contributed by atoms with Gasteiger partial charge in [0, 0.05) is 12.2 Å². The minimum atomic E-state index is -0.416. The van der Waals surface area contributed by atoms with Crippen LogP contribution >= 0.6 is 0 Å². The quantitative estimate of drug-likeness (QED) is 0.662. The molecule has 0 radical (unpaired) electrons. The minimum Gasteiger partial charge on any atom is -0.306 e.